The highest BCUT2D eigenvalue weighted by atomic mass is 16.5. The molecule has 2 N–H and O–H groups in total. The van der Waals surface area contributed by atoms with Gasteiger partial charge in [-0.15, -0.1) is 0 Å². The zero-order valence-electron chi connectivity index (χ0n) is 15.1. The molecule has 5 rings (SSSR count). The fourth-order valence-corrected chi connectivity index (χ4v) is 4.34. The first-order valence-electron chi connectivity index (χ1n) is 9.13. The number of methoxy groups -OCH3 is 1. The van der Waals surface area contributed by atoms with Gasteiger partial charge >= 0.3 is 0 Å². The predicted molar refractivity (Wildman–Crippen MR) is 101 cm³/mol. The molecule has 4 heterocycles. The number of anilines is 1. The number of hydrogen-bond donors (Lipinski definition) is 2. The minimum absolute atomic E-state index is 0.0112. The van der Waals surface area contributed by atoms with Crippen molar-refractivity contribution in [3.05, 3.63) is 60.2 Å². The van der Waals surface area contributed by atoms with Crippen LogP contribution in [0.15, 0.2) is 48.8 Å². The predicted octanol–water partition coefficient (Wildman–Crippen LogP) is 2.77. The molecule has 0 aliphatic carbocycles. The molecule has 0 saturated carbocycles. The van der Waals surface area contributed by atoms with Crippen LogP contribution in [0.2, 0.25) is 0 Å². The van der Waals surface area contributed by atoms with E-state index in [0.717, 1.165) is 36.5 Å². The molecule has 2 aliphatic rings. The number of nitrogens with one attached hydrogen (secondary N) is 2. The maximum Gasteiger partial charge on any atom is 0.271 e. The van der Waals surface area contributed by atoms with Gasteiger partial charge < -0.3 is 19.5 Å². The van der Waals surface area contributed by atoms with Crippen molar-refractivity contribution in [1.82, 2.24) is 19.7 Å². The summed E-state index contributed by atoms with van der Waals surface area (Å²) >= 11 is 0. The number of rotatable bonds is 2. The fourth-order valence-electron chi connectivity index (χ4n) is 4.34. The molecule has 7 nitrogen and oxygen atoms in total. The van der Waals surface area contributed by atoms with Crippen LogP contribution in [-0.4, -0.2) is 45.8 Å². The largest absolute Gasteiger partial charge is 0.497 e. The molecule has 138 valence electrons. The Hall–Kier alpha value is -3.22. The van der Waals surface area contributed by atoms with Crippen LogP contribution >= 0.6 is 0 Å². The van der Waals surface area contributed by atoms with E-state index in [1.807, 2.05) is 17.0 Å². The summed E-state index contributed by atoms with van der Waals surface area (Å²) < 4.78 is 7.63. The van der Waals surface area contributed by atoms with Crippen molar-refractivity contribution < 1.29 is 9.53 Å². The van der Waals surface area contributed by atoms with Crippen molar-refractivity contribution in [1.29, 1.82) is 0 Å². The summed E-state index contributed by atoms with van der Waals surface area (Å²) in [6.45, 7) is 1.35. The van der Waals surface area contributed by atoms with Crippen LogP contribution in [0.4, 0.5) is 5.69 Å². The van der Waals surface area contributed by atoms with Gasteiger partial charge in [0.1, 0.15) is 11.4 Å². The van der Waals surface area contributed by atoms with Crippen LogP contribution in [0.1, 0.15) is 29.0 Å². The Bertz CT molecular complexity index is 994. The molecule has 1 fully saturated rings. The molecular weight excluding hydrogens is 342 g/mol. The first kappa shape index (κ1) is 16.0. The van der Waals surface area contributed by atoms with Crippen LogP contribution in [-0.2, 0) is 5.54 Å². The topological polar surface area (TPSA) is 75.2 Å². The van der Waals surface area contributed by atoms with E-state index in [2.05, 4.69) is 44.5 Å². The van der Waals surface area contributed by atoms with E-state index < -0.39 is 0 Å². The van der Waals surface area contributed by atoms with Gasteiger partial charge in [-0.3, -0.25) is 9.89 Å². The van der Waals surface area contributed by atoms with E-state index in [0.29, 0.717) is 12.2 Å². The SMILES string of the molecule is COc1ccc2c(c1)N[C@@]1(CCCN(C(=O)c3ccn[nH]3)C1)c1cccn1-2. The summed E-state index contributed by atoms with van der Waals surface area (Å²) in [6.07, 6.45) is 5.58. The number of H-pyrrole nitrogens is 1. The Balaban J connectivity index is 1.55. The molecular formula is C20H21N5O2. The van der Waals surface area contributed by atoms with E-state index in [1.165, 1.54) is 5.69 Å². The van der Waals surface area contributed by atoms with Crippen molar-refractivity contribution in [3.63, 3.8) is 0 Å². The highest BCUT2D eigenvalue weighted by molar-refractivity contribution is 5.92. The minimum Gasteiger partial charge on any atom is -0.497 e. The first-order chi connectivity index (χ1) is 13.2. The molecule has 0 radical (unpaired) electrons. The highest BCUT2D eigenvalue weighted by Gasteiger charge is 2.43. The van der Waals surface area contributed by atoms with Crippen LogP contribution in [0.5, 0.6) is 5.75 Å². The molecule has 27 heavy (non-hydrogen) atoms. The number of benzene rings is 1. The number of nitrogens with zero attached hydrogens (tertiary/aromatic N) is 3. The van der Waals surface area contributed by atoms with Crippen LogP contribution < -0.4 is 10.1 Å². The zero-order valence-corrected chi connectivity index (χ0v) is 15.1. The number of hydrogen-bond acceptors (Lipinski definition) is 4. The van der Waals surface area contributed by atoms with Gasteiger partial charge in [0.15, 0.2) is 0 Å². The van der Waals surface area contributed by atoms with Gasteiger partial charge in [-0.2, -0.15) is 5.10 Å². The minimum atomic E-state index is -0.323. The highest BCUT2D eigenvalue weighted by Crippen LogP contribution is 2.43. The quantitative estimate of drug-likeness (QED) is 0.734. The Kier molecular flexibility index (Phi) is 3.50. The molecule has 3 aromatic rings. The first-order valence-corrected chi connectivity index (χ1v) is 9.13. The van der Waals surface area contributed by atoms with Crippen molar-refractivity contribution in [3.8, 4) is 11.4 Å². The Labute approximate surface area is 156 Å². The van der Waals surface area contributed by atoms with Gasteiger partial charge in [0, 0.05) is 31.5 Å². The second kappa shape index (κ2) is 5.90. The number of aromatic nitrogens is 3. The van der Waals surface area contributed by atoms with Crippen LogP contribution in [0, 0.1) is 0 Å². The number of carbonyl (C=O) groups is 1. The zero-order chi connectivity index (χ0) is 18.4. The smallest absolute Gasteiger partial charge is 0.271 e. The molecule has 1 atom stereocenters. The van der Waals surface area contributed by atoms with Crippen molar-refractivity contribution in [2.45, 2.75) is 18.4 Å². The van der Waals surface area contributed by atoms with E-state index in [9.17, 15) is 4.79 Å². The lowest BCUT2D eigenvalue weighted by Crippen LogP contribution is -2.54. The number of carbonyl (C=O) groups excluding carboxylic acids is 1. The molecule has 2 aliphatic heterocycles. The molecule has 0 bridgehead atoms. The van der Waals surface area contributed by atoms with Gasteiger partial charge in [-0.25, -0.2) is 0 Å². The normalized spacial score (nSPS) is 20.7. The lowest BCUT2D eigenvalue weighted by atomic mass is 9.83. The Morgan fingerprint density at radius 3 is 3.04 bits per heavy atom. The second-order valence-electron chi connectivity index (χ2n) is 7.15. The molecule has 1 saturated heterocycles. The lowest BCUT2D eigenvalue weighted by molar-refractivity contribution is 0.0646. The maximum absolute atomic E-state index is 12.9. The number of piperidine rings is 1. The summed E-state index contributed by atoms with van der Waals surface area (Å²) in [4.78, 5) is 14.8. The molecule has 2 aromatic heterocycles. The third kappa shape index (κ3) is 2.42. The maximum atomic E-state index is 12.9. The van der Waals surface area contributed by atoms with Gasteiger partial charge in [-0.05, 0) is 43.2 Å². The van der Waals surface area contributed by atoms with Crippen LogP contribution in [0.3, 0.4) is 0 Å². The van der Waals surface area contributed by atoms with Gasteiger partial charge in [0.05, 0.1) is 29.7 Å². The number of likely N-dealkylation sites (tertiary alicyclic amines) is 1. The second-order valence-corrected chi connectivity index (χ2v) is 7.15. The summed E-state index contributed by atoms with van der Waals surface area (Å²) in [5.74, 6) is 0.802. The number of amides is 1. The van der Waals surface area contributed by atoms with Crippen molar-refractivity contribution in [2.75, 3.05) is 25.5 Å². The molecule has 7 heteroatoms. The monoisotopic (exact) mass is 363 g/mol. The van der Waals surface area contributed by atoms with Gasteiger partial charge in [-0.1, -0.05) is 0 Å². The molecule has 1 aromatic carbocycles. The Morgan fingerprint density at radius 1 is 1.30 bits per heavy atom. The van der Waals surface area contributed by atoms with E-state index in [1.54, 1.807) is 19.4 Å². The lowest BCUT2D eigenvalue weighted by Gasteiger charge is -2.47. The number of fused-ring (bicyclic) bond motifs is 4. The fraction of sp³-hybridized carbons (Fsp3) is 0.300. The summed E-state index contributed by atoms with van der Waals surface area (Å²) in [7, 11) is 1.67. The van der Waals surface area contributed by atoms with E-state index >= 15 is 0 Å². The third-order valence-electron chi connectivity index (χ3n) is 5.59. The third-order valence-corrected chi connectivity index (χ3v) is 5.59. The van der Waals surface area contributed by atoms with E-state index in [-0.39, 0.29) is 11.4 Å². The van der Waals surface area contributed by atoms with Crippen molar-refractivity contribution >= 4 is 11.6 Å². The summed E-state index contributed by atoms with van der Waals surface area (Å²) in [5, 5.41) is 10.4. The number of ether oxygens (including phenoxy) is 1. The molecule has 0 unspecified atom stereocenters. The standard InChI is InChI=1S/C20H21N5O2/c1-27-14-5-6-17-16(12-14)22-20(18-4-2-11-25(17)18)8-3-10-24(13-20)19(26)15-7-9-21-23-15/h2,4-7,9,11-12,22H,3,8,10,13H2,1H3,(H,21,23)/t20-/m1/s1. The van der Waals surface area contributed by atoms with Gasteiger partial charge in [0.25, 0.3) is 5.91 Å². The average molecular weight is 363 g/mol. The van der Waals surface area contributed by atoms with Crippen molar-refractivity contribution in [2.24, 2.45) is 0 Å². The summed E-state index contributed by atoms with van der Waals surface area (Å²) in [5.41, 5.74) is 3.51. The van der Waals surface area contributed by atoms with E-state index in [4.69, 9.17) is 4.74 Å². The summed E-state index contributed by atoms with van der Waals surface area (Å²) in [6, 6.07) is 12.0. The molecule has 1 amide bonds. The molecule has 1 spiro atoms. The van der Waals surface area contributed by atoms with Gasteiger partial charge in [0.2, 0.25) is 0 Å². The van der Waals surface area contributed by atoms with Crippen LogP contribution in [0.25, 0.3) is 5.69 Å². The Morgan fingerprint density at radius 2 is 2.22 bits per heavy atom. The number of aromatic amines is 1. The average Bonchev–Trinajstić information content (AvgIpc) is 3.39.